The number of aromatic amines is 1. The fourth-order valence-corrected chi connectivity index (χ4v) is 2.56. The van der Waals surface area contributed by atoms with Gasteiger partial charge in [-0.05, 0) is 36.8 Å². The summed E-state index contributed by atoms with van der Waals surface area (Å²) in [6.07, 6.45) is -4.35. The minimum atomic E-state index is -4.35. The number of nitrogens with one attached hydrogen (secondary N) is 2. The van der Waals surface area contributed by atoms with E-state index in [1.807, 2.05) is 38.1 Å². The van der Waals surface area contributed by atoms with Crippen LogP contribution in [0.1, 0.15) is 16.8 Å². The number of H-pyrrole nitrogens is 1. The number of halogens is 3. The fraction of sp³-hybridized carbons (Fsp3) is 0.167. The minimum absolute atomic E-state index is 0.410. The molecule has 0 saturated heterocycles. The van der Waals surface area contributed by atoms with Gasteiger partial charge in [0.05, 0.1) is 16.6 Å². The summed E-state index contributed by atoms with van der Waals surface area (Å²) in [5, 5.41) is 4.05. The molecular formula is C18H16F3N2+. The molecule has 23 heavy (non-hydrogen) atoms. The molecule has 0 bridgehead atoms. The summed E-state index contributed by atoms with van der Waals surface area (Å²) in [5.74, 6) is 0. The average molecular weight is 317 g/mol. The Kier molecular flexibility index (Phi) is 3.72. The third-order valence-electron chi connectivity index (χ3n) is 3.63. The van der Waals surface area contributed by atoms with Gasteiger partial charge in [0.15, 0.2) is 5.69 Å². The molecule has 5 heteroatoms. The molecular weight excluding hydrogens is 301 g/mol. The maximum Gasteiger partial charge on any atom is 0.416 e. The largest absolute Gasteiger partial charge is 0.416 e. The maximum atomic E-state index is 12.8. The highest BCUT2D eigenvalue weighted by Crippen LogP contribution is 2.32. The van der Waals surface area contributed by atoms with Crippen molar-refractivity contribution in [3.63, 3.8) is 0 Å². The highest BCUT2D eigenvalue weighted by atomic mass is 19.4. The molecule has 0 saturated carbocycles. The topological polar surface area (TPSA) is 26.2 Å². The van der Waals surface area contributed by atoms with Gasteiger partial charge < -0.3 is 5.32 Å². The number of hydrogen-bond donors (Lipinski definition) is 1. The Bertz CT molecular complexity index is 870. The summed E-state index contributed by atoms with van der Waals surface area (Å²) in [6.45, 7) is 3.89. The van der Waals surface area contributed by atoms with Gasteiger partial charge in [0.25, 0.3) is 0 Å². The zero-order valence-electron chi connectivity index (χ0n) is 12.8. The van der Waals surface area contributed by atoms with E-state index in [0.29, 0.717) is 5.69 Å². The second kappa shape index (κ2) is 5.57. The summed E-state index contributed by atoms with van der Waals surface area (Å²) < 4.78 is 38.5. The zero-order chi connectivity index (χ0) is 16.6. The number of benzene rings is 2. The molecule has 0 aliphatic carbocycles. The molecule has 1 aromatic heterocycles. The van der Waals surface area contributed by atoms with Crippen LogP contribution in [0.15, 0.2) is 48.5 Å². The van der Waals surface area contributed by atoms with Crippen LogP contribution in [-0.2, 0) is 6.18 Å². The summed E-state index contributed by atoms with van der Waals surface area (Å²) in [5.41, 5.74) is 3.47. The third-order valence-corrected chi connectivity index (χ3v) is 3.63. The number of rotatable bonds is 2. The average Bonchev–Trinajstić information content (AvgIpc) is 2.47. The smallest absolute Gasteiger partial charge is 0.355 e. The molecule has 2 nitrogen and oxygen atoms in total. The van der Waals surface area contributed by atoms with Gasteiger partial charge in [0.1, 0.15) is 0 Å². The highest BCUT2D eigenvalue weighted by Gasteiger charge is 2.30. The molecule has 0 atom stereocenters. The van der Waals surface area contributed by atoms with Crippen LogP contribution in [-0.4, -0.2) is 0 Å². The maximum absolute atomic E-state index is 12.8. The molecule has 3 rings (SSSR count). The lowest BCUT2D eigenvalue weighted by Crippen LogP contribution is -2.10. The second-order valence-corrected chi connectivity index (χ2v) is 5.62. The lowest BCUT2D eigenvalue weighted by Gasteiger charge is -2.12. The fourth-order valence-electron chi connectivity index (χ4n) is 2.56. The molecule has 0 radical (unpaired) electrons. The molecule has 0 spiro atoms. The number of anilines is 2. The zero-order valence-corrected chi connectivity index (χ0v) is 12.8. The van der Waals surface area contributed by atoms with Crippen molar-refractivity contribution in [2.75, 3.05) is 5.32 Å². The van der Waals surface area contributed by atoms with Gasteiger partial charge in [-0.1, -0.05) is 12.1 Å². The first-order valence-corrected chi connectivity index (χ1v) is 7.20. The van der Waals surface area contributed by atoms with Crippen molar-refractivity contribution in [3.05, 3.63) is 65.4 Å². The van der Waals surface area contributed by atoms with Gasteiger partial charge in [0.2, 0.25) is 5.52 Å². The van der Waals surface area contributed by atoms with Gasteiger partial charge in [-0.3, -0.25) is 0 Å². The number of aryl methyl sites for hydroxylation is 2. The summed E-state index contributed by atoms with van der Waals surface area (Å²) in [4.78, 5) is 3.26. The van der Waals surface area contributed by atoms with Crippen molar-refractivity contribution in [2.45, 2.75) is 20.0 Å². The van der Waals surface area contributed by atoms with Gasteiger partial charge in [-0.2, -0.15) is 13.2 Å². The van der Waals surface area contributed by atoms with Crippen LogP contribution in [0.4, 0.5) is 24.5 Å². The van der Waals surface area contributed by atoms with Crippen LogP contribution < -0.4 is 10.3 Å². The van der Waals surface area contributed by atoms with Crippen molar-refractivity contribution < 1.29 is 18.2 Å². The van der Waals surface area contributed by atoms with Gasteiger partial charge in [-0.15, -0.1) is 0 Å². The van der Waals surface area contributed by atoms with Crippen LogP contribution in [0.5, 0.6) is 0 Å². The first-order chi connectivity index (χ1) is 10.8. The van der Waals surface area contributed by atoms with Crippen molar-refractivity contribution in [1.82, 2.24) is 0 Å². The van der Waals surface area contributed by atoms with Crippen LogP contribution in [0.2, 0.25) is 0 Å². The number of fused-ring (bicyclic) bond motifs is 1. The summed E-state index contributed by atoms with van der Waals surface area (Å²) in [6, 6.07) is 13.1. The monoisotopic (exact) mass is 317 g/mol. The van der Waals surface area contributed by atoms with E-state index in [1.165, 1.54) is 6.07 Å². The molecule has 0 unspecified atom stereocenters. The summed E-state index contributed by atoms with van der Waals surface area (Å²) >= 11 is 0. The number of aromatic nitrogens is 1. The molecule has 0 fully saturated rings. The van der Waals surface area contributed by atoms with E-state index in [0.717, 1.165) is 40.0 Å². The Morgan fingerprint density at radius 3 is 2.48 bits per heavy atom. The van der Waals surface area contributed by atoms with Crippen LogP contribution in [0.3, 0.4) is 0 Å². The molecule has 1 heterocycles. The van der Waals surface area contributed by atoms with Gasteiger partial charge >= 0.3 is 6.18 Å². The highest BCUT2D eigenvalue weighted by molar-refractivity contribution is 5.91. The molecule has 118 valence electrons. The third kappa shape index (κ3) is 3.28. The number of pyridine rings is 1. The Morgan fingerprint density at radius 1 is 0.957 bits per heavy atom. The lowest BCUT2D eigenvalue weighted by atomic mass is 10.1. The number of alkyl halides is 3. The second-order valence-electron chi connectivity index (χ2n) is 5.62. The predicted octanol–water partition coefficient (Wildman–Crippen LogP) is 5.03. The predicted molar refractivity (Wildman–Crippen MR) is 84.7 cm³/mol. The molecule has 2 aromatic carbocycles. The Balaban J connectivity index is 2.06. The van der Waals surface area contributed by atoms with E-state index in [4.69, 9.17) is 0 Å². The summed E-state index contributed by atoms with van der Waals surface area (Å²) in [7, 11) is 0. The Morgan fingerprint density at radius 2 is 1.74 bits per heavy atom. The first kappa shape index (κ1) is 15.3. The van der Waals surface area contributed by atoms with Crippen molar-refractivity contribution in [1.29, 1.82) is 0 Å². The van der Waals surface area contributed by atoms with Crippen LogP contribution in [0, 0.1) is 13.8 Å². The standard InChI is InChI=1S/C18H15F3N2/c1-11-6-7-16-15(8-11)17(9-12(2)22-16)23-14-5-3-4-13(10-14)18(19,20)21/h3-10H,1-2H3,(H,22,23)/p+1. The van der Waals surface area contributed by atoms with Crippen LogP contribution in [0.25, 0.3) is 10.9 Å². The Labute approximate surface area is 132 Å². The SMILES string of the molecule is Cc1ccc2[nH+]c(C)cc(Nc3cccc(C(F)(F)F)c3)c2c1. The van der Waals surface area contributed by atoms with E-state index in [-0.39, 0.29) is 0 Å². The van der Waals surface area contributed by atoms with E-state index < -0.39 is 11.7 Å². The molecule has 0 aliphatic rings. The quantitative estimate of drug-likeness (QED) is 0.704. The molecule has 0 amide bonds. The molecule has 2 N–H and O–H groups in total. The van der Waals surface area contributed by atoms with E-state index >= 15 is 0 Å². The normalized spacial score (nSPS) is 11.7. The first-order valence-electron chi connectivity index (χ1n) is 7.20. The Hall–Kier alpha value is -2.56. The van der Waals surface area contributed by atoms with E-state index in [2.05, 4.69) is 10.3 Å². The van der Waals surface area contributed by atoms with Gasteiger partial charge in [-0.25, -0.2) is 4.98 Å². The van der Waals surface area contributed by atoms with Crippen molar-refractivity contribution >= 4 is 22.3 Å². The van der Waals surface area contributed by atoms with Crippen LogP contribution >= 0.6 is 0 Å². The lowest BCUT2D eigenvalue weighted by molar-refractivity contribution is -0.354. The van der Waals surface area contributed by atoms with E-state index in [9.17, 15) is 13.2 Å². The van der Waals surface area contributed by atoms with Gasteiger partial charge in [0, 0.05) is 24.7 Å². The number of hydrogen-bond acceptors (Lipinski definition) is 1. The van der Waals surface area contributed by atoms with Crippen molar-refractivity contribution in [2.24, 2.45) is 0 Å². The molecule has 3 aromatic rings. The minimum Gasteiger partial charge on any atom is -0.355 e. The van der Waals surface area contributed by atoms with E-state index in [1.54, 1.807) is 6.07 Å². The molecule has 0 aliphatic heterocycles. The van der Waals surface area contributed by atoms with Crippen molar-refractivity contribution in [3.8, 4) is 0 Å².